The first-order valence-corrected chi connectivity index (χ1v) is 8.19. The molecule has 2 heterocycles. The largest absolute Gasteiger partial charge is 0.379 e. The zero-order chi connectivity index (χ0) is 14.7. The van der Waals surface area contributed by atoms with Crippen LogP contribution in [0.1, 0.15) is 6.42 Å². The average molecular weight is 353 g/mol. The molecular formula is C15H21BrN4O. The fraction of sp³-hybridized carbons (Fsp3) is 0.533. The number of fused-ring (bicyclic) bond motifs is 1. The van der Waals surface area contributed by atoms with Gasteiger partial charge in [-0.15, -0.1) is 0 Å². The van der Waals surface area contributed by atoms with E-state index in [1.54, 1.807) is 0 Å². The fourth-order valence-corrected chi connectivity index (χ4v) is 3.04. The molecule has 1 N–H and O–H groups in total. The van der Waals surface area contributed by atoms with Crippen molar-refractivity contribution in [2.45, 2.75) is 6.42 Å². The van der Waals surface area contributed by atoms with Crippen LogP contribution < -0.4 is 5.32 Å². The highest BCUT2D eigenvalue weighted by Gasteiger charge is 2.10. The highest BCUT2D eigenvalue weighted by molar-refractivity contribution is 9.10. The number of rotatable bonds is 5. The Morgan fingerprint density at radius 2 is 2.14 bits per heavy atom. The lowest BCUT2D eigenvalue weighted by atomic mass is 10.2. The third-order valence-corrected chi connectivity index (χ3v) is 4.35. The van der Waals surface area contributed by atoms with Crippen molar-refractivity contribution in [2.24, 2.45) is 7.05 Å². The third kappa shape index (κ3) is 3.56. The molecule has 0 bridgehead atoms. The Morgan fingerprint density at radius 1 is 1.33 bits per heavy atom. The number of hydrogen-bond acceptors (Lipinski definition) is 4. The van der Waals surface area contributed by atoms with E-state index in [9.17, 15) is 0 Å². The van der Waals surface area contributed by atoms with Crippen LogP contribution in [0.4, 0.5) is 5.82 Å². The Balaban J connectivity index is 1.55. The Labute approximate surface area is 133 Å². The summed E-state index contributed by atoms with van der Waals surface area (Å²) in [5, 5.41) is 9.20. The van der Waals surface area contributed by atoms with Crippen molar-refractivity contribution in [1.82, 2.24) is 14.7 Å². The quantitative estimate of drug-likeness (QED) is 0.839. The second-order valence-corrected chi connectivity index (χ2v) is 6.28. The monoisotopic (exact) mass is 352 g/mol. The van der Waals surface area contributed by atoms with E-state index < -0.39 is 0 Å². The van der Waals surface area contributed by atoms with E-state index in [-0.39, 0.29) is 0 Å². The van der Waals surface area contributed by atoms with Crippen LogP contribution in [0.5, 0.6) is 0 Å². The van der Waals surface area contributed by atoms with Gasteiger partial charge in [-0.05, 0) is 31.2 Å². The van der Waals surface area contributed by atoms with Crippen LogP contribution in [0, 0.1) is 0 Å². The summed E-state index contributed by atoms with van der Waals surface area (Å²) >= 11 is 3.51. The summed E-state index contributed by atoms with van der Waals surface area (Å²) in [7, 11) is 1.98. The van der Waals surface area contributed by atoms with Crippen LogP contribution in [0.2, 0.25) is 0 Å². The SMILES string of the molecule is Cn1nc(NCCCN2CCOCC2)c2ccc(Br)cc21. The van der Waals surface area contributed by atoms with Crippen molar-refractivity contribution >= 4 is 32.7 Å². The molecule has 0 aliphatic carbocycles. The number of benzene rings is 1. The Morgan fingerprint density at radius 3 is 2.95 bits per heavy atom. The molecule has 1 aliphatic heterocycles. The van der Waals surface area contributed by atoms with Gasteiger partial charge in [0.2, 0.25) is 0 Å². The first-order valence-electron chi connectivity index (χ1n) is 7.40. The smallest absolute Gasteiger partial charge is 0.155 e. The second kappa shape index (κ2) is 6.77. The van der Waals surface area contributed by atoms with Gasteiger partial charge < -0.3 is 10.1 Å². The third-order valence-electron chi connectivity index (χ3n) is 3.86. The van der Waals surface area contributed by atoms with E-state index in [0.29, 0.717) is 0 Å². The van der Waals surface area contributed by atoms with Crippen LogP contribution in [-0.2, 0) is 11.8 Å². The van der Waals surface area contributed by atoms with E-state index in [0.717, 1.165) is 61.6 Å². The molecule has 1 fully saturated rings. The minimum absolute atomic E-state index is 0.868. The first-order chi connectivity index (χ1) is 10.2. The summed E-state index contributed by atoms with van der Waals surface area (Å²) in [4.78, 5) is 2.46. The van der Waals surface area contributed by atoms with Gasteiger partial charge in [0, 0.05) is 36.5 Å². The maximum Gasteiger partial charge on any atom is 0.155 e. The van der Waals surface area contributed by atoms with Crippen LogP contribution >= 0.6 is 15.9 Å². The van der Waals surface area contributed by atoms with Crippen LogP contribution in [-0.4, -0.2) is 54.1 Å². The number of hydrogen-bond donors (Lipinski definition) is 1. The molecule has 0 spiro atoms. The molecule has 1 aliphatic rings. The van der Waals surface area contributed by atoms with Crippen LogP contribution in [0.15, 0.2) is 22.7 Å². The minimum Gasteiger partial charge on any atom is -0.379 e. The summed E-state index contributed by atoms with van der Waals surface area (Å²) in [5.41, 5.74) is 1.14. The number of nitrogens with zero attached hydrogens (tertiary/aromatic N) is 3. The molecule has 0 atom stereocenters. The Bertz CT molecular complexity index is 607. The number of halogens is 1. The molecule has 3 rings (SSSR count). The van der Waals surface area contributed by atoms with Gasteiger partial charge in [0.15, 0.2) is 5.82 Å². The average Bonchev–Trinajstić information content (AvgIpc) is 2.81. The van der Waals surface area contributed by atoms with Gasteiger partial charge in [0.25, 0.3) is 0 Å². The van der Waals surface area contributed by atoms with Crippen LogP contribution in [0.25, 0.3) is 10.9 Å². The van der Waals surface area contributed by atoms with Crippen molar-refractivity contribution in [1.29, 1.82) is 0 Å². The number of aromatic nitrogens is 2. The standard InChI is InChI=1S/C15H21BrN4O/c1-19-14-11-12(16)3-4-13(14)15(18-19)17-5-2-6-20-7-9-21-10-8-20/h3-4,11H,2,5-10H2,1H3,(H,17,18). The maximum absolute atomic E-state index is 5.36. The molecule has 5 nitrogen and oxygen atoms in total. The van der Waals surface area contributed by atoms with Gasteiger partial charge in [-0.3, -0.25) is 9.58 Å². The molecular weight excluding hydrogens is 332 g/mol. The van der Waals surface area contributed by atoms with E-state index in [1.807, 2.05) is 11.7 Å². The number of ether oxygens (including phenoxy) is 1. The lowest BCUT2D eigenvalue weighted by Gasteiger charge is -2.26. The summed E-state index contributed by atoms with van der Waals surface area (Å²) < 4.78 is 8.36. The van der Waals surface area contributed by atoms with Gasteiger partial charge in [-0.1, -0.05) is 15.9 Å². The van der Waals surface area contributed by atoms with E-state index in [2.05, 4.69) is 49.4 Å². The van der Waals surface area contributed by atoms with E-state index >= 15 is 0 Å². The molecule has 1 aromatic carbocycles. The van der Waals surface area contributed by atoms with Gasteiger partial charge in [-0.2, -0.15) is 5.10 Å². The molecule has 0 amide bonds. The molecule has 0 radical (unpaired) electrons. The zero-order valence-electron chi connectivity index (χ0n) is 12.3. The summed E-state index contributed by atoms with van der Waals surface area (Å²) in [6.07, 6.45) is 1.12. The van der Waals surface area contributed by atoms with Crippen molar-refractivity contribution < 1.29 is 4.74 Å². The van der Waals surface area contributed by atoms with Crippen molar-refractivity contribution in [3.05, 3.63) is 22.7 Å². The Kier molecular flexibility index (Phi) is 4.77. The number of nitrogens with one attached hydrogen (secondary N) is 1. The number of morpholine rings is 1. The summed E-state index contributed by atoms with van der Waals surface area (Å²) in [6.45, 7) is 5.91. The molecule has 1 saturated heterocycles. The molecule has 2 aromatic rings. The zero-order valence-corrected chi connectivity index (χ0v) is 13.9. The summed E-state index contributed by atoms with van der Waals surface area (Å²) in [5.74, 6) is 0.974. The van der Waals surface area contributed by atoms with Gasteiger partial charge >= 0.3 is 0 Å². The highest BCUT2D eigenvalue weighted by atomic mass is 79.9. The number of anilines is 1. The highest BCUT2D eigenvalue weighted by Crippen LogP contribution is 2.25. The van der Waals surface area contributed by atoms with Crippen LogP contribution in [0.3, 0.4) is 0 Å². The molecule has 0 saturated carbocycles. The minimum atomic E-state index is 0.868. The fourth-order valence-electron chi connectivity index (χ4n) is 2.70. The molecule has 1 aromatic heterocycles. The Hall–Kier alpha value is -1.11. The predicted molar refractivity (Wildman–Crippen MR) is 88.8 cm³/mol. The van der Waals surface area contributed by atoms with Gasteiger partial charge in [0.1, 0.15) is 0 Å². The molecule has 6 heteroatoms. The van der Waals surface area contributed by atoms with Crippen molar-refractivity contribution in [3.8, 4) is 0 Å². The van der Waals surface area contributed by atoms with E-state index in [1.165, 1.54) is 5.39 Å². The van der Waals surface area contributed by atoms with Crippen molar-refractivity contribution in [3.63, 3.8) is 0 Å². The lowest BCUT2D eigenvalue weighted by molar-refractivity contribution is 0.0378. The normalized spacial score (nSPS) is 16.5. The molecule has 114 valence electrons. The van der Waals surface area contributed by atoms with Crippen molar-refractivity contribution in [2.75, 3.05) is 44.7 Å². The lowest BCUT2D eigenvalue weighted by Crippen LogP contribution is -2.37. The molecule has 21 heavy (non-hydrogen) atoms. The second-order valence-electron chi connectivity index (χ2n) is 5.37. The van der Waals surface area contributed by atoms with E-state index in [4.69, 9.17) is 4.74 Å². The number of aryl methyl sites for hydroxylation is 1. The van der Waals surface area contributed by atoms with Gasteiger partial charge in [0.05, 0.1) is 18.7 Å². The maximum atomic E-state index is 5.36. The topological polar surface area (TPSA) is 42.3 Å². The molecule has 0 unspecified atom stereocenters. The van der Waals surface area contributed by atoms with Gasteiger partial charge in [-0.25, -0.2) is 0 Å². The summed E-state index contributed by atoms with van der Waals surface area (Å²) in [6, 6.07) is 6.26. The first kappa shape index (κ1) is 14.8. The predicted octanol–water partition coefficient (Wildman–Crippen LogP) is 2.47.